The van der Waals surface area contributed by atoms with Crippen LogP contribution in [0.1, 0.15) is 49.7 Å². The minimum Gasteiger partial charge on any atom is -0.465 e. The summed E-state index contributed by atoms with van der Waals surface area (Å²) in [6, 6.07) is 11.0. The number of halogens is 3. The molecule has 1 aromatic carbocycles. The normalized spacial score (nSPS) is 25.8. The van der Waals surface area contributed by atoms with E-state index in [2.05, 4.69) is 9.88 Å². The Morgan fingerprint density at radius 2 is 1.83 bits per heavy atom. The highest BCUT2D eigenvalue weighted by Crippen LogP contribution is 2.71. The molecule has 4 rings (SSSR count). The molecule has 1 saturated carbocycles. The van der Waals surface area contributed by atoms with E-state index in [1.54, 1.807) is 25.3 Å². The number of benzene rings is 1. The van der Waals surface area contributed by atoms with Crippen LogP contribution in [0.3, 0.4) is 0 Å². The van der Waals surface area contributed by atoms with Gasteiger partial charge in [0, 0.05) is 19.3 Å². The molecule has 1 aliphatic heterocycles. The van der Waals surface area contributed by atoms with E-state index in [1.165, 1.54) is 6.92 Å². The first-order valence-electron chi connectivity index (χ1n) is 10.3. The Morgan fingerprint density at radius 1 is 1.20 bits per heavy atom. The summed E-state index contributed by atoms with van der Waals surface area (Å²) in [6.07, 6.45) is 3.61. The fourth-order valence-corrected chi connectivity index (χ4v) is 4.84. The molecule has 1 aliphatic carbocycles. The van der Waals surface area contributed by atoms with Crippen LogP contribution in [0.4, 0.5) is 14.6 Å². The number of pyridine rings is 1. The second-order valence-electron chi connectivity index (χ2n) is 8.22. The molecular weight excluding hydrogens is 410 g/mol. The number of hydrogen-bond donors (Lipinski definition) is 0. The van der Waals surface area contributed by atoms with E-state index in [-0.39, 0.29) is 6.61 Å². The molecule has 2 aliphatic rings. The van der Waals surface area contributed by atoms with Crippen LogP contribution in [-0.2, 0) is 9.53 Å². The zero-order valence-corrected chi connectivity index (χ0v) is 17.8. The van der Waals surface area contributed by atoms with E-state index >= 15 is 0 Å². The van der Waals surface area contributed by atoms with Crippen LogP contribution in [-0.4, -0.2) is 36.6 Å². The van der Waals surface area contributed by atoms with Gasteiger partial charge in [-0.05, 0) is 55.9 Å². The van der Waals surface area contributed by atoms with E-state index in [9.17, 15) is 13.6 Å². The predicted octanol–water partition coefficient (Wildman–Crippen LogP) is 5.42. The zero-order valence-electron chi connectivity index (χ0n) is 17.1. The average Bonchev–Trinajstić information content (AvgIpc) is 3.22. The number of aromatic nitrogens is 1. The molecule has 2 unspecified atom stereocenters. The maximum atomic E-state index is 14.5. The number of rotatable bonds is 5. The van der Waals surface area contributed by atoms with Crippen LogP contribution in [0.2, 0.25) is 5.02 Å². The number of nitrogens with zero attached hydrogens (tertiary/aromatic N) is 2. The molecule has 30 heavy (non-hydrogen) atoms. The van der Waals surface area contributed by atoms with Crippen LogP contribution in [0.15, 0.2) is 42.6 Å². The van der Waals surface area contributed by atoms with Gasteiger partial charge in [0.25, 0.3) is 5.92 Å². The van der Waals surface area contributed by atoms with E-state index < -0.39 is 23.2 Å². The van der Waals surface area contributed by atoms with Gasteiger partial charge in [-0.15, -0.1) is 0 Å². The molecule has 0 radical (unpaired) electrons. The number of alkyl halides is 2. The van der Waals surface area contributed by atoms with Gasteiger partial charge < -0.3 is 9.64 Å². The highest BCUT2D eigenvalue weighted by atomic mass is 35.5. The Hall–Kier alpha value is -2.21. The van der Waals surface area contributed by atoms with Crippen molar-refractivity contribution in [3.05, 3.63) is 58.7 Å². The summed E-state index contributed by atoms with van der Waals surface area (Å²) in [5.74, 6) is -3.89. The van der Waals surface area contributed by atoms with Gasteiger partial charge >= 0.3 is 5.97 Å². The smallest absolute Gasteiger partial charge is 0.318 e. The average molecular weight is 435 g/mol. The van der Waals surface area contributed by atoms with Crippen LogP contribution >= 0.6 is 11.6 Å². The Kier molecular flexibility index (Phi) is 5.47. The molecule has 1 aromatic heterocycles. The summed E-state index contributed by atoms with van der Waals surface area (Å²) < 4.78 is 33.8. The van der Waals surface area contributed by atoms with Gasteiger partial charge in [-0.25, -0.2) is 13.8 Å². The molecule has 1 saturated heterocycles. The molecule has 160 valence electrons. The Balaban J connectivity index is 1.43. The van der Waals surface area contributed by atoms with Gasteiger partial charge in [0.2, 0.25) is 0 Å². The summed E-state index contributed by atoms with van der Waals surface area (Å²) in [5.41, 5.74) is -0.165. The first kappa shape index (κ1) is 21.0. The minimum absolute atomic E-state index is 0.0958. The molecule has 2 aromatic rings. The minimum atomic E-state index is -3.09. The quantitative estimate of drug-likeness (QED) is 0.589. The van der Waals surface area contributed by atoms with Crippen molar-refractivity contribution in [2.24, 2.45) is 5.41 Å². The second kappa shape index (κ2) is 7.80. The zero-order chi connectivity index (χ0) is 21.5. The summed E-state index contributed by atoms with van der Waals surface area (Å²) >= 11 is 6.25. The van der Waals surface area contributed by atoms with Gasteiger partial charge in [0.15, 0.2) is 0 Å². The summed E-state index contributed by atoms with van der Waals surface area (Å²) in [4.78, 5) is 18.7. The topological polar surface area (TPSA) is 42.4 Å². The van der Waals surface area contributed by atoms with Crippen molar-refractivity contribution in [2.45, 2.75) is 44.4 Å². The molecule has 0 N–H and O–H groups in total. The number of hydrogen-bond acceptors (Lipinski definition) is 4. The standard InChI is InChI=1S/C23H25ClF2N2O2/c1-3-30-21(29)22(2)19(23(22,25)26)17-8-6-15(7-9-17)16-10-13-28(14-11-16)20-18(24)5-4-12-27-20/h4-9,12,16,19H,3,10-11,13-14H2,1-2H3. The lowest BCUT2D eigenvalue weighted by molar-refractivity contribution is -0.153. The highest BCUT2D eigenvalue weighted by Gasteiger charge is 2.83. The number of carbonyl (C=O) groups is 1. The molecule has 0 amide bonds. The molecule has 2 fully saturated rings. The lowest BCUT2D eigenvalue weighted by atomic mass is 9.88. The van der Waals surface area contributed by atoms with E-state index in [1.807, 2.05) is 24.3 Å². The fraction of sp³-hybridized carbons (Fsp3) is 0.478. The predicted molar refractivity (Wildman–Crippen MR) is 112 cm³/mol. The van der Waals surface area contributed by atoms with E-state index in [0.717, 1.165) is 37.3 Å². The van der Waals surface area contributed by atoms with Gasteiger partial charge in [-0.1, -0.05) is 35.9 Å². The molecule has 2 heterocycles. The largest absolute Gasteiger partial charge is 0.465 e. The summed E-state index contributed by atoms with van der Waals surface area (Å²) in [7, 11) is 0. The SMILES string of the molecule is CCOC(=O)C1(C)C(c2ccc(C3CCN(c4ncccc4Cl)CC3)cc2)C1(F)F. The van der Waals surface area contributed by atoms with Gasteiger partial charge in [-0.3, -0.25) is 4.79 Å². The van der Waals surface area contributed by atoms with Crippen molar-refractivity contribution in [1.82, 2.24) is 4.98 Å². The molecule has 7 heteroatoms. The van der Waals surface area contributed by atoms with Crippen molar-refractivity contribution < 1.29 is 18.3 Å². The maximum absolute atomic E-state index is 14.5. The summed E-state index contributed by atoms with van der Waals surface area (Å²) in [5, 5.41) is 0.648. The van der Waals surface area contributed by atoms with Crippen molar-refractivity contribution in [2.75, 3.05) is 24.6 Å². The van der Waals surface area contributed by atoms with Crippen molar-refractivity contribution >= 4 is 23.4 Å². The highest BCUT2D eigenvalue weighted by molar-refractivity contribution is 6.32. The number of ether oxygens (including phenoxy) is 1. The lowest BCUT2D eigenvalue weighted by Crippen LogP contribution is -2.33. The molecule has 0 spiro atoms. The van der Waals surface area contributed by atoms with Crippen LogP contribution < -0.4 is 4.90 Å². The van der Waals surface area contributed by atoms with E-state index in [0.29, 0.717) is 16.5 Å². The number of anilines is 1. The third kappa shape index (κ3) is 3.35. The lowest BCUT2D eigenvalue weighted by Gasteiger charge is -2.33. The molecule has 2 atom stereocenters. The Bertz CT molecular complexity index is 929. The number of carbonyl (C=O) groups excluding carboxylic acids is 1. The fourth-order valence-electron chi connectivity index (χ4n) is 4.60. The molecule has 4 nitrogen and oxygen atoms in total. The first-order chi connectivity index (χ1) is 14.3. The van der Waals surface area contributed by atoms with Gasteiger partial charge in [0.1, 0.15) is 11.2 Å². The number of piperidine rings is 1. The summed E-state index contributed by atoms with van der Waals surface area (Å²) in [6.45, 7) is 4.69. The molecular formula is C23H25ClF2N2O2. The molecule has 0 bridgehead atoms. The maximum Gasteiger partial charge on any atom is 0.318 e. The second-order valence-corrected chi connectivity index (χ2v) is 8.62. The third-order valence-electron chi connectivity index (χ3n) is 6.52. The Labute approximate surface area is 180 Å². The Morgan fingerprint density at radius 3 is 2.43 bits per heavy atom. The first-order valence-corrected chi connectivity index (χ1v) is 10.7. The van der Waals surface area contributed by atoms with Crippen molar-refractivity contribution in [1.29, 1.82) is 0 Å². The van der Waals surface area contributed by atoms with Crippen molar-refractivity contribution in [3.63, 3.8) is 0 Å². The van der Waals surface area contributed by atoms with Gasteiger partial charge in [-0.2, -0.15) is 0 Å². The monoisotopic (exact) mass is 434 g/mol. The van der Waals surface area contributed by atoms with E-state index in [4.69, 9.17) is 16.3 Å². The third-order valence-corrected chi connectivity index (χ3v) is 6.82. The van der Waals surface area contributed by atoms with Gasteiger partial charge in [0.05, 0.1) is 17.5 Å². The van der Waals surface area contributed by atoms with Crippen molar-refractivity contribution in [3.8, 4) is 0 Å². The number of esters is 1. The van der Waals surface area contributed by atoms with Crippen LogP contribution in [0, 0.1) is 5.41 Å². The van der Waals surface area contributed by atoms with Crippen LogP contribution in [0.5, 0.6) is 0 Å². The van der Waals surface area contributed by atoms with Crippen LogP contribution in [0.25, 0.3) is 0 Å².